The molecule has 0 aliphatic carbocycles. The summed E-state index contributed by atoms with van der Waals surface area (Å²) < 4.78 is 4.64. The van der Waals surface area contributed by atoms with Crippen LogP contribution in [-0.2, 0) is 42.7 Å². The average Bonchev–Trinajstić information content (AvgIpc) is 3.97. The van der Waals surface area contributed by atoms with Gasteiger partial charge in [-0.1, -0.05) is 209 Å². The van der Waals surface area contributed by atoms with Gasteiger partial charge in [0.25, 0.3) is 0 Å². The molecule has 0 saturated carbocycles. The Morgan fingerprint density at radius 1 is 0.467 bits per heavy atom. The van der Waals surface area contributed by atoms with Gasteiger partial charge in [-0.25, -0.2) is 4.98 Å². The first-order valence-corrected chi connectivity index (χ1v) is 26.0. The van der Waals surface area contributed by atoms with Crippen molar-refractivity contribution in [3.63, 3.8) is 0 Å². The van der Waals surface area contributed by atoms with Crippen molar-refractivity contribution >= 4 is 32.8 Å². The molecule has 0 aliphatic heterocycles. The molecule has 0 amide bonds. The minimum atomic E-state index is -0.416. The van der Waals surface area contributed by atoms with Gasteiger partial charge in [0.05, 0.1) is 27.8 Å². The first kappa shape index (κ1) is 51.2. The van der Waals surface area contributed by atoms with Crippen molar-refractivity contribution in [1.29, 1.82) is 0 Å². The number of hydrogen-bond donors (Lipinski definition) is 1. The van der Waals surface area contributed by atoms with Crippen LogP contribution >= 0.6 is 0 Å². The van der Waals surface area contributed by atoms with E-state index < -0.39 is 5.41 Å². The number of phenolic OH excluding ortho intramolecular Hbond substituents is 1. The molecule has 0 atom stereocenters. The molecule has 3 aromatic heterocycles. The van der Waals surface area contributed by atoms with Crippen molar-refractivity contribution in [3.05, 3.63) is 222 Å². The van der Waals surface area contributed by atoms with Crippen LogP contribution in [0.2, 0.25) is 0 Å². The van der Waals surface area contributed by atoms with Gasteiger partial charge in [0.1, 0.15) is 11.6 Å². The predicted molar refractivity (Wildman–Crippen MR) is 310 cm³/mol. The van der Waals surface area contributed by atoms with Gasteiger partial charge in [-0.15, -0.1) is 29.3 Å². The molecular weight excluding hydrogens is 1100 g/mol. The molecule has 378 valence electrons. The van der Waals surface area contributed by atoms with Crippen LogP contribution < -0.4 is 0 Å². The summed E-state index contributed by atoms with van der Waals surface area (Å²) in [4.78, 5) is 11.1. The molecule has 0 unspecified atom stereocenters. The first-order valence-electron chi connectivity index (χ1n) is 26.0. The summed E-state index contributed by atoms with van der Waals surface area (Å²) in [5, 5.41) is 15.1. The molecule has 6 heteroatoms. The quantitative estimate of drug-likeness (QED) is 0.154. The summed E-state index contributed by atoms with van der Waals surface area (Å²) in [6.45, 7) is 24.6. The van der Waals surface area contributed by atoms with E-state index in [1.165, 1.54) is 11.1 Å². The summed E-state index contributed by atoms with van der Waals surface area (Å²) in [5.74, 6) is 0.909. The van der Waals surface area contributed by atoms with Crippen LogP contribution in [0.4, 0.5) is 0 Å². The van der Waals surface area contributed by atoms with Crippen molar-refractivity contribution in [2.45, 2.75) is 97.8 Å². The fourth-order valence-corrected chi connectivity index (χ4v) is 10.8. The van der Waals surface area contributed by atoms with E-state index in [0.29, 0.717) is 11.4 Å². The number of rotatable bonds is 8. The molecule has 0 saturated heterocycles. The van der Waals surface area contributed by atoms with Gasteiger partial charge in [0.15, 0.2) is 0 Å². The molecule has 1 N–H and O–H groups in total. The second-order valence-electron chi connectivity index (χ2n) is 23.6. The maximum absolute atomic E-state index is 12.8. The van der Waals surface area contributed by atoms with Gasteiger partial charge in [-0.2, -0.15) is 0 Å². The van der Waals surface area contributed by atoms with E-state index in [1.807, 2.05) is 6.20 Å². The standard InChI is InChI=1S/C69H65N4O.Pt/c1-66(2,3)48-34-35-59(55(41-48)44-24-15-12-16-25-44)73-60-33-23-31-52(62(60)71-65(73)56-42-49(67(4,5)6)43-57(64(56)74)68(7,8)9)45-38-46(40-50(39-45)69(10,11)47-26-17-13-18-27-47)61-63-54(36-37-70-61)53-30-21-22-32-58(53)72(63)51-28-19-14-20-29-51;/h12-37,39-43,74H,1-11H3;/q-1;. The number of benzene rings is 8. The number of aromatic nitrogens is 4. The second-order valence-corrected chi connectivity index (χ2v) is 23.6. The Morgan fingerprint density at radius 2 is 1.08 bits per heavy atom. The number of hydrogen-bond acceptors (Lipinski definition) is 3. The summed E-state index contributed by atoms with van der Waals surface area (Å²) in [6.07, 6.45) is 1.94. The van der Waals surface area contributed by atoms with Gasteiger partial charge < -0.3 is 9.67 Å². The van der Waals surface area contributed by atoms with Crippen molar-refractivity contribution in [2.24, 2.45) is 0 Å². The number of para-hydroxylation sites is 3. The Morgan fingerprint density at radius 3 is 1.76 bits per heavy atom. The summed E-state index contributed by atoms with van der Waals surface area (Å²) in [7, 11) is 0. The number of imidazole rings is 1. The fourth-order valence-electron chi connectivity index (χ4n) is 10.8. The molecule has 5 nitrogen and oxygen atoms in total. The van der Waals surface area contributed by atoms with Crippen molar-refractivity contribution in [2.75, 3.05) is 0 Å². The van der Waals surface area contributed by atoms with Gasteiger partial charge in [-0.05, 0) is 87.0 Å². The van der Waals surface area contributed by atoms with E-state index in [1.54, 1.807) is 0 Å². The van der Waals surface area contributed by atoms with Crippen LogP contribution in [0.15, 0.2) is 188 Å². The van der Waals surface area contributed by atoms with Gasteiger partial charge in [-0.3, -0.25) is 9.55 Å². The van der Waals surface area contributed by atoms with Crippen molar-refractivity contribution in [1.82, 2.24) is 19.1 Å². The Labute approximate surface area is 457 Å². The number of pyridine rings is 1. The van der Waals surface area contributed by atoms with Crippen LogP contribution in [-0.4, -0.2) is 24.2 Å². The van der Waals surface area contributed by atoms with Crippen LogP contribution in [0, 0.1) is 6.07 Å². The van der Waals surface area contributed by atoms with Crippen LogP contribution in [0.1, 0.15) is 104 Å². The molecule has 0 radical (unpaired) electrons. The largest absolute Gasteiger partial charge is 0.507 e. The summed E-state index contributed by atoms with van der Waals surface area (Å²) >= 11 is 0. The average molecular weight is 1160 g/mol. The first-order chi connectivity index (χ1) is 35.3. The molecule has 75 heavy (non-hydrogen) atoms. The minimum absolute atomic E-state index is 0. The Balaban J connectivity index is 0.00000641. The van der Waals surface area contributed by atoms with Crippen LogP contribution in [0.25, 0.3) is 89.1 Å². The van der Waals surface area contributed by atoms with Gasteiger partial charge in [0.2, 0.25) is 0 Å². The zero-order valence-electron chi connectivity index (χ0n) is 45.0. The smallest absolute Gasteiger partial charge is 0.148 e. The molecular formula is C69H65N4OPt-. The van der Waals surface area contributed by atoms with E-state index in [9.17, 15) is 5.11 Å². The van der Waals surface area contributed by atoms with Crippen molar-refractivity contribution in [3.8, 4) is 62.0 Å². The topological polar surface area (TPSA) is 55.9 Å². The monoisotopic (exact) mass is 1160 g/mol. The Hall–Kier alpha value is -7.33. The summed E-state index contributed by atoms with van der Waals surface area (Å²) in [5.41, 5.74) is 16.8. The van der Waals surface area contributed by atoms with Crippen LogP contribution in [0.3, 0.4) is 0 Å². The Bertz CT molecular complexity index is 3920. The van der Waals surface area contributed by atoms with E-state index >= 15 is 0 Å². The molecule has 11 rings (SSSR count). The second kappa shape index (κ2) is 19.1. The molecule has 0 aliphatic rings. The van der Waals surface area contributed by atoms with Gasteiger partial charge >= 0.3 is 0 Å². The van der Waals surface area contributed by atoms with E-state index in [2.05, 4.69) is 273 Å². The van der Waals surface area contributed by atoms with E-state index in [0.717, 1.165) is 94.4 Å². The van der Waals surface area contributed by atoms with Gasteiger partial charge in [0, 0.05) is 71.5 Å². The fraction of sp³-hybridized carbons (Fsp3) is 0.217. The molecule has 3 heterocycles. The third-order valence-corrected chi connectivity index (χ3v) is 15.1. The third kappa shape index (κ3) is 9.14. The SMILES string of the molecule is CC(C)(C)c1ccc(-n2c(-c3cc(C(C)(C)C)cc(C(C)(C)C)c3O)nc3c(-c4[c-]c(-c5nccc6c7ccccc7n(-c7ccccc7)c56)cc(C(C)(C)c5ccccc5)c4)cccc32)c(-c2ccccc2)c1.[Pt]. The molecule has 0 bridgehead atoms. The third-order valence-electron chi connectivity index (χ3n) is 15.1. The molecule has 0 spiro atoms. The maximum atomic E-state index is 12.8. The van der Waals surface area contributed by atoms with E-state index in [-0.39, 0.29) is 43.1 Å². The zero-order valence-corrected chi connectivity index (χ0v) is 47.2. The minimum Gasteiger partial charge on any atom is -0.507 e. The molecule has 8 aromatic carbocycles. The number of fused-ring (bicyclic) bond motifs is 4. The number of phenols is 1. The number of aromatic hydroxyl groups is 1. The molecule has 0 fully saturated rings. The van der Waals surface area contributed by atoms with E-state index in [4.69, 9.17) is 9.97 Å². The Kier molecular flexibility index (Phi) is 13.0. The van der Waals surface area contributed by atoms with Crippen LogP contribution in [0.5, 0.6) is 5.75 Å². The summed E-state index contributed by atoms with van der Waals surface area (Å²) in [6, 6.07) is 69.1. The molecule has 11 aromatic rings. The number of nitrogens with zero attached hydrogens (tertiary/aromatic N) is 4. The zero-order chi connectivity index (χ0) is 51.9. The maximum Gasteiger partial charge on any atom is 0.148 e. The van der Waals surface area contributed by atoms with Crippen molar-refractivity contribution < 1.29 is 26.2 Å². The normalized spacial score (nSPS) is 12.4. The predicted octanol–water partition coefficient (Wildman–Crippen LogP) is 17.9.